The fourth-order valence-corrected chi connectivity index (χ4v) is 1.84. The van der Waals surface area contributed by atoms with Crippen LogP contribution in [0.2, 0.25) is 0 Å². The highest BCUT2D eigenvalue weighted by Gasteiger charge is 2.17. The van der Waals surface area contributed by atoms with Crippen LogP contribution in [0.15, 0.2) is 6.07 Å². The van der Waals surface area contributed by atoms with Crippen LogP contribution in [0.4, 0.5) is 5.82 Å². The van der Waals surface area contributed by atoms with Crippen LogP contribution in [0.3, 0.4) is 0 Å². The van der Waals surface area contributed by atoms with Gasteiger partial charge in [-0.3, -0.25) is 4.79 Å². The van der Waals surface area contributed by atoms with E-state index in [1.807, 2.05) is 19.9 Å². The molecule has 0 saturated carbocycles. The second-order valence-corrected chi connectivity index (χ2v) is 3.94. The van der Waals surface area contributed by atoms with Crippen molar-refractivity contribution < 1.29 is 4.79 Å². The third-order valence-electron chi connectivity index (χ3n) is 2.60. The van der Waals surface area contributed by atoms with Crippen molar-refractivity contribution in [2.75, 3.05) is 18.0 Å². The lowest BCUT2D eigenvalue weighted by Crippen LogP contribution is -2.34. The van der Waals surface area contributed by atoms with E-state index in [9.17, 15) is 4.79 Å². The summed E-state index contributed by atoms with van der Waals surface area (Å²) in [6.45, 7) is 5.43. The van der Waals surface area contributed by atoms with E-state index in [0.29, 0.717) is 18.6 Å². The zero-order valence-electron chi connectivity index (χ0n) is 9.16. The first-order chi connectivity index (χ1) is 7.15. The molecule has 2 heterocycles. The summed E-state index contributed by atoms with van der Waals surface area (Å²) in [6.07, 6.45) is 1.28. The van der Waals surface area contributed by atoms with Crippen molar-refractivity contribution in [1.29, 1.82) is 0 Å². The van der Waals surface area contributed by atoms with Crippen molar-refractivity contribution >= 4 is 11.6 Å². The molecule has 0 amide bonds. The molecule has 0 atom stereocenters. The number of piperidine rings is 1. The lowest BCUT2D eigenvalue weighted by molar-refractivity contribution is -0.119. The van der Waals surface area contributed by atoms with Crippen molar-refractivity contribution in [3.05, 3.63) is 17.6 Å². The molecule has 1 saturated heterocycles. The maximum Gasteiger partial charge on any atom is 0.136 e. The standard InChI is InChI=1S/C11H15N3O/c1-8-7-11(13-9(2)12-8)14-5-3-10(15)4-6-14/h7H,3-6H2,1-2H3. The van der Waals surface area contributed by atoms with Gasteiger partial charge < -0.3 is 4.90 Å². The van der Waals surface area contributed by atoms with Gasteiger partial charge in [0.05, 0.1) is 0 Å². The van der Waals surface area contributed by atoms with Crippen molar-refractivity contribution in [3.8, 4) is 0 Å². The van der Waals surface area contributed by atoms with Gasteiger partial charge in [0.25, 0.3) is 0 Å². The maximum absolute atomic E-state index is 11.1. The van der Waals surface area contributed by atoms with E-state index in [0.717, 1.165) is 30.4 Å². The fraction of sp³-hybridized carbons (Fsp3) is 0.545. The summed E-state index contributed by atoms with van der Waals surface area (Å²) >= 11 is 0. The van der Waals surface area contributed by atoms with Gasteiger partial charge >= 0.3 is 0 Å². The van der Waals surface area contributed by atoms with Crippen LogP contribution in [0.25, 0.3) is 0 Å². The molecule has 0 unspecified atom stereocenters. The Labute approximate surface area is 89.3 Å². The number of hydrogen-bond acceptors (Lipinski definition) is 4. The van der Waals surface area contributed by atoms with Gasteiger partial charge in [-0.1, -0.05) is 0 Å². The average molecular weight is 205 g/mol. The largest absolute Gasteiger partial charge is 0.356 e. The molecule has 2 rings (SSSR count). The number of aryl methyl sites for hydroxylation is 2. The highest BCUT2D eigenvalue weighted by molar-refractivity contribution is 5.80. The first kappa shape index (κ1) is 10.1. The number of hydrogen-bond donors (Lipinski definition) is 0. The van der Waals surface area contributed by atoms with Gasteiger partial charge in [-0.15, -0.1) is 0 Å². The normalized spacial score (nSPS) is 16.9. The molecule has 0 aliphatic carbocycles. The van der Waals surface area contributed by atoms with Gasteiger partial charge in [0.1, 0.15) is 17.4 Å². The molecule has 1 aromatic rings. The van der Waals surface area contributed by atoms with Gasteiger partial charge in [-0.2, -0.15) is 0 Å². The predicted molar refractivity (Wildman–Crippen MR) is 58.0 cm³/mol. The zero-order valence-corrected chi connectivity index (χ0v) is 9.16. The molecular formula is C11H15N3O. The van der Waals surface area contributed by atoms with E-state index in [2.05, 4.69) is 14.9 Å². The van der Waals surface area contributed by atoms with E-state index in [-0.39, 0.29) is 0 Å². The highest BCUT2D eigenvalue weighted by atomic mass is 16.1. The van der Waals surface area contributed by atoms with Crippen LogP contribution in [0.5, 0.6) is 0 Å². The lowest BCUT2D eigenvalue weighted by atomic mass is 10.1. The summed E-state index contributed by atoms with van der Waals surface area (Å²) in [5, 5.41) is 0. The molecule has 0 N–H and O–H groups in total. The van der Waals surface area contributed by atoms with Gasteiger partial charge in [-0.25, -0.2) is 9.97 Å². The summed E-state index contributed by atoms with van der Waals surface area (Å²) < 4.78 is 0. The van der Waals surface area contributed by atoms with Crippen LogP contribution in [0, 0.1) is 13.8 Å². The predicted octanol–water partition coefficient (Wildman–Crippen LogP) is 1.26. The second-order valence-electron chi connectivity index (χ2n) is 3.94. The minimum atomic E-state index is 0.355. The first-order valence-corrected chi connectivity index (χ1v) is 5.24. The number of Topliss-reactive ketones (excluding diaryl/α,β-unsaturated/α-hetero) is 1. The third kappa shape index (κ3) is 2.32. The highest BCUT2D eigenvalue weighted by Crippen LogP contribution is 2.16. The molecular weight excluding hydrogens is 190 g/mol. The third-order valence-corrected chi connectivity index (χ3v) is 2.60. The maximum atomic E-state index is 11.1. The monoisotopic (exact) mass is 205 g/mol. The molecule has 1 aromatic heterocycles. The Kier molecular flexibility index (Phi) is 2.66. The van der Waals surface area contributed by atoms with Crippen LogP contribution in [-0.4, -0.2) is 28.8 Å². The summed E-state index contributed by atoms with van der Waals surface area (Å²) in [7, 11) is 0. The molecule has 4 nitrogen and oxygen atoms in total. The molecule has 0 radical (unpaired) electrons. The Morgan fingerprint density at radius 3 is 2.47 bits per heavy atom. The van der Waals surface area contributed by atoms with Gasteiger partial charge in [0.15, 0.2) is 0 Å². The molecule has 0 spiro atoms. The molecule has 4 heteroatoms. The minimum absolute atomic E-state index is 0.355. The van der Waals surface area contributed by atoms with Crippen molar-refractivity contribution in [1.82, 2.24) is 9.97 Å². The van der Waals surface area contributed by atoms with E-state index < -0.39 is 0 Å². The number of rotatable bonds is 1. The molecule has 0 bridgehead atoms. The lowest BCUT2D eigenvalue weighted by Gasteiger charge is -2.27. The van der Waals surface area contributed by atoms with Crippen LogP contribution < -0.4 is 4.90 Å². The summed E-state index contributed by atoms with van der Waals surface area (Å²) in [5.74, 6) is 2.10. The van der Waals surface area contributed by atoms with E-state index in [1.54, 1.807) is 0 Å². The van der Waals surface area contributed by atoms with Gasteiger partial charge in [0, 0.05) is 37.7 Å². The summed E-state index contributed by atoms with van der Waals surface area (Å²) in [4.78, 5) is 21.9. The molecule has 15 heavy (non-hydrogen) atoms. The second kappa shape index (κ2) is 3.96. The van der Waals surface area contributed by atoms with Gasteiger partial charge in [-0.05, 0) is 13.8 Å². The summed E-state index contributed by atoms with van der Waals surface area (Å²) in [5.41, 5.74) is 0.981. The smallest absolute Gasteiger partial charge is 0.136 e. The number of aromatic nitrogens is 2. The minimum Gasteiger partial charge on any atom is -0.356 e. The topological polar surface area (TPSA) is 46.1 Å². The Hall–Kier alpha value is -1.45. The number of anilines is 1. The Bertz CT molecular complexity index is 359. The first-order valence-electron chi connectivity index (χ1n) is 5.24. The van der Waals surface area contributed by atoms with Crippen LogP contribution >= 0.6 is 0 Å². The van der Waals surface area contributed by atoms with E-state index in [4.69, 9.17) is 0 Å². The molecule has 1 aliphatic rings. The Balaban J connectivity index is 2.18. The molecule has 0 aromatic carbocycles. The number of nitrogens with zero attached hydrogens (tertiary/aromatic N) is 3. The Morgan fingerprint density at radius 1 is 1.20 bits per heavy atom. The van der Waals surface area contributed by atoms with Gasteiger partial charge in [0.2, 0.25) is 0 Å². The van der Waals surface area contributed by atoms with Crippen LogP contribution in [-0.2, 0) is 4.79 Å². The summed E-state index contributed by atoms with van der Waals surface area (Å²) in [6, 6.07) is 1.97. The number of carbonyl (C=O) groups is 1. The zero-order chi connectivity index (χ0) is 10.8. The average Bonchev–Trinajstić information content (AvgIpc) is 2.17. The molecule has 80 valence electrons. The quantitative estimate of drug-likeness (QED) is 0.692. The SMILES string of the molecule is Cc1cc(N2CCC(=O)CC2)nc(C)n1. The van der Waals surface area contributed by atoms with Crippen molar-refractivity contribution in [3.63, 3.8) is 0 Å². The van der Waals surface area contributed by atoms with E-state index >= 15 is 0 Å². The fourth-order valence-electron chi connectivity index (χ4n) is 1.84. The molecule has 1 aliphatic heterocycles. The van der Waals surface area contributed by atoms with Crippen molar-refractivity contribution in [2.24, 2.45) is 0 Å². The van der Waals surface area contributed by atoms with Crippen LogP contribution in [0.1, 0.15) is 24.4 Å². The number of ketones is 1. The van der Waals surface area contributed by atoms with E-state index in [1.165, 1.54) is 0 Å². The molecule has 1 fully saturated rings. The number of carbonyl (C=O) groups excluding carboxylic acids is 1. The Morgan fingerprint density at radius 2 is 1.87 bits per heavy atom. The van der Waals surface area contributed by atoms with Crippen molar-refractivity contribution in [2.45, 2.75) is 26.7 Å².